The van der Waals surface area contributed by atoms with Crippen LogP contribution in [-0.2, 0) is 0 Å². The van der Waals surface area contributed by atoms with Gasteiger partial charge in [0.25, 0.3) is 0 Å². The molecular formula is C5HF8I. The first-order valence-electron chi connectivity index (χ1n) is 2.78. The summed E-state index contributed by atoms with van der Waals surface area (Å²) in [5, 5.41) is 0. The monoisotopic (exact) mass is 340 g/mol. The van der Waals surface area contributed by atoms with Crippen molar-refractivity contribution in [3.8, 4) is 0 Å². The summed E-state index contributed by atoms with van der Waals surface area (Å²) < 4.78 is 91.0. The molecule has 14 heavy (non-hydrogen) atoms. The highest BCUT2D eigenvalue weighted by Gasteiger charge is 2.57. The SMILES string of the molecule is FC(F)(F)/C(I)=C/C(F)(F)C(F)(F)F. The third kappa shape index (κ3) is 3.58. The lowest BCUT2D eigenvalue weighted by molar-refractivity contribution is -0.259. The molecule has 0 fully saturated rings. The van der Waals surface area contributed by atoms with Gasteiger partial charge in [-0.15, -0.1) is 0 Å². The van der Waals surface area contributed by atoms with E-state index in [1.165, 1.54) is 0 Å². The van der Waals surface area contributed by atoms with E-state index in [1.807, 2.05) is 0 Å². The third-order valence-corrected chi connectivity index (χ3v) is 1.88. The van der Waals surface area contributed by atoms with Crippen LogP contribution in [0.5, 0.6) is 0 Å². The van der Waals surface area contributed by atoms with Crippen molar-refractivity contribution in [1.29, 1.82) is 0 Å². The van der Waals surface area contributed by atoms with Crippen LogP contribution >= 0.6 is 22.6 Å². The zero-order valence-electron chi connectivity index (χ0n) is 5.98. The van der Waals surface area contributed by atoms with Gasteiger partial charge in [0.1, 0.15) is 0 Å². The Labute approximate surface area is 86.1 Å². The smallest absolute Gasteiger partial charge is 0.191 e. The van der Waals surface area contributed by atoms with Crippen molar-refractivity contribution in [1.82, 2.24) is 0 Å². The molecule has 0 N–H and O–H groups in total. The van der Waals surface area contributed by atoms with Crippen LogP contribution in [0.4, 0.5) is 35.1 Å². The van der Waals surface area contributed by atoms with E-state index in [4.69, 9.17) is 0 Å². The zero-order valence-corrected chi connectivity index (χ0v) is 8.14. The minimum atomic E-state index is -6.02. The highest BCUT2D eigenvalue weighted by Crippen LogP contribution is 2.41. The van der Waals surface area contributed by atoms with Crippen molar-refractivity contribution in [2.45, 2.75) is 18.3 Å². The fourth-order valence-electron chi connectivity index (χ4n) is 0.323. The van der Waals surface area contributed by atoms with E-state index in [0.717, 1.165) is 0 Å². The second kappa shape index (κ2) is 3.81. The molecule has 0 radical (unpaired) electrons. The van der Waals surface area contributed by atoms with Crippen molar-refractivity contribution >= 4 is 22.6 Å². The molecule has 0 unspecified atom stereocenters. The molecule has 0 spiro atoms. The maximum Gasteiger partial charge on any atom is 0.457 e. The van der Waals surface area contributed by atoms with Gasteiger partial charge in [0.05, 0.1) is 3.58 Å². The maximum atomic E-state index is 12.0. The highest BCUT2D eigenvalue weighted by molar-refractivity contribution is 14.1. The van der Waals surface area contributed by atoms with Crippen molar-refractivity contribution in [3.05, 3.63) is 9.66 Å². The summed E-state index contributed by atoms with van der Waals surface area (Å²) in [7, 11) is 0. The Morgan fingerprint density at radius 2 is 1.21 bits per heavy atom. The van der Waals surface area contributed by atoms with Crippen LogP contribution in [-0.4, -0.2) is 18.3 Å². The van der Waals surface area contributed by atoms with Gasteiger partial charge in [0.15, 0.2) is 0 Å². The average molecular weight is 340 g/mol. The molecule has 0 aromatic heterocycles. The Balaban J connectivity index is 5.00. The first-order chi connectivity index (χ1) is 5.88. The Kier molecular flexibility index (Phi) is 3.79. The standard InChI is InChI=1S/C5HF8I/c6-3(7,5(11,12)13)1-2(14)4(8,9)10/h1H/b2-1-. The average Bonchev–Trinajstić information content (AvgIpc) is 1.80. The normalized spacial score (nSPS) is 15.9. The van der Waals surface area contributed by atoms with Gasteiger partial charge in [-0.05, 0) is 22.6 Å². The fourth-order valence-corrected chi connectivity index (χ4v) is 0.714. The van der Waals surface area contributed by atoms with E-state index in [1.54, 1.807) is 0 Å². The number of rotatable bonds is 1. The molecule has 0 aromatic carbocycles. The molecule has 0 aliphatic carbocycles. The predicted octanol–water partition coefficient (Wildman–Crippen LogP) is 4.07. The summed E-state index contributed by atoms with van der Waals surface area (Å²) >= 11 is 0.370. The first-order valence-corrected chi connectivity index (χ1v) is 3.86. The maximum absolute atomic E-state index is 12.0. The van der Waals surface area contributed by atoms with Crippen molar-refractivity contribution in [2.24, 2.45) is 0 Å². The number of halogens is 9. The van der Waals surface area contributed by atoms with Crippen LogP contribution in [0.1, 0.15) is 0 Å². The van der Waals surface area contributed by atoms with E-state index in [2.05, 4.69) is 0 Å². The summed E-state index contributed by atoms with van der Waals surface area (Å²) in [5.74, 6) is -5.47. The highest BCUT2D eigenvalue weighted by atomic mass is 127. The molecule has 0 aliphatic heterocycles. The summed E-state index contributed by atoms with van der Waals surface area (Å²) in [6.07, 6.45) is -12.4. The summed E-state index contributed by atoms with van der Waals surface area (Å²) in [6.45, 7) is 0. The minimum absolute atomic E-state index is 0.370. The van der Waals surface area contributed by atoms with Gasteiger partial charge in [-0.25, -0.2) is 0 Å². The van der Waals surface area contributed by atoms with Crippen LogP contribution < -0.4 is 0 Å². The molecule has 9 heteroatoms. The van der Waals surface area contributed by atoms with Crippen LogP contribution in [0.2, 0.25) is 0 Å². The lowest BCUT2D eigenvalue weighted by atomic mass is 10.3. The van der Waals surface area contributed by atoms with E-state index in [9.17, 15) is 35.1 Å². The van der Waals surface area contributed by atoms with E-state index in [0.29, 0.717) is 22.6 Å². The van der Waals surface area contributed by atoms with Crippen LogP contribution in [0.25, 0.3) is 0 Å². The van der Waals surface area contributed by atoms with Gasteiger partial charge in [-0.3, -0.25) is 0 Å². The van der Waals surface area contributed by atoms with Crippen LogP contribution in [0.15, 0.2) is 9.66 Å². The fraction of sp³-hybridized carbons (Fsp3) is 0.600. The minimum Gasteiger partial charge on any atom is -0.191 e. The number of alkyl halides is 8. The van der Waals surface area contributed by atoms with Gasteiger partial charge in [0.2, 0.25) is 0 Å². The summed E-state index contributed by atoms with van der Waals surface area (Å²) in [6, 6.07) is 0. The summed E-state index contributed by atoms with van der Waals surface area (Å²) in [4.78, 5) is 0. The molecule has 0 atom stereocenters. The van der Waals surface area contributed by atoms with Gasteiger partial charge in [-0.2, -0.15) is 35.1 Å². The molecule has 0 heterocycles. The Bertz CT molecular complexity index is 233. The quantitative estimate of drug-likeness (QED) is 0.499. The van der Waals surface area contributed by atoms with E-state index < -0.39 is 27.9 Å². The van der Waals surface area contributed by atoms with E-state index in [-0.39, 0.29) is 0 Å². The molecule has 0 saturated carbocycles. The topological polar surface area (TPSA) is 0 Å². The molecule has 0 bridgehead atoms. The van der Waals surface area contributed by atoms with E-state index >= 15 is 0 Å². The second-order valence-corrected chi connectivity index (χ2v) is 3.27. The van der Waals surface area contributed by atoms with Crippen molar-refractivity contribution in [2.75, 3.05) is 0 Å². The second-order valence-electron chi connectivity index (χ2n) is 2.11. The van der Waals surface area contributed by atoms with Crippen LogP contribution in [0, 0.1) is 0 Å². The van der Waals surface area contributed by atoms with Crippen LogP contribution in [0.3, 0.4) is 0 Å². The van der Waals surface area contributed by atoms with Crippen molar-refractivity contribution in [3.63, 3.8) is 0 Å². The zero-order chi connectivity index (χ0) is 11.8. The lowest BCUT2D eigenvalue weighted by Gasteiger charge is -2.16. The van der Waals surface area contributed by atoms with Crippen molar-refractivity contribution < 1.29 is 35.1 Å². The molecule has 0 aromatic rings. The van der Waals surface area contributed by atoms with Gasteiger partial charge >= 0.3 is 18.3 Å². The molecule has 0 rings (SSSR count). The summed E-state index contributed by atoms with van der Waals surface area (Å²) in [5.41, 5.74) is 0. The Hall–Kier alpha value is -0.0900. The Morgan fingerprint density at radius 1 is 0.857 bits per heavy atom. The van der Waals surface area contributed by atoms with Gasteiger partial charge in [-0.1, -0.05) is 0 Å². The number of hydrogen-bond acceptors (Lipinski definition) is 0. The molecule has 0 nitrogen and oxygen atoms in total. The third-order valence-electron chi connectivity index (χ3n) is 0.957. The lowest BCUT2D eigenvalue weighted by Crippen LogP contribution is -2.35. The molecule has 0 amide bonds. The molecule has 84 valence electrons. The number of allylic oxidation sites excluding steroid dienone is 2. The molecular weight excluding hydrogens is 339 g/mol. The largest absolute Gasteiger partial charge is 0.457 e. The Morgan fingerprint density at radius 3 is 1.43 bits per heavy atom. The predicted molar refractivity (Wildman–Crippen MR) is 39.2 cm³/mol. The van der Waals surface area contributed by atoms with Gasteiger partial charge < -0.3 is 0 Å². The molecule has 0 aliphatic rings. The molecule has 0 saturated heterocycles. The van der Waals surface area contributed by atoms with Gasteiger partial charge in [0, 0.05) is 6.08 Å². The first kappa shape index (κ1) is 13.9. The number of hydrogen-bond donors (Lipinski definition) is 0.